The first kappa shape index (κ1) is 15.1. The van der Waals surface area contributed by atoms with Crippen molar-refractivity contribution in [2.24, 2.45) is 0 Å². The monoisotopic (exact) mass is 401 g/mol. The van der Waals surface area contributed by atoms with Gasteiger partial charge in [0, 0.05) is 9.13 Å². The molecule has 20 heavy (non-hydrogen) atoms. The van der Waals surface area contributed by atoms with Crippen LogP contribution >= 0.6 is 34.2 Å². The second kappa shape index (κ2) is 6.45. The van der Waals surface area contributed by atoms with Crippen LogP contribution in [0.1, 0.15) is 15.9 Å². The Morgan fingerprint density at radius 1 is 1.25 bits per heavy atom. The highest BCUT2D eigenvalue weighted by Crippen LogP contribution is 2.26. The van der Waals surface area contributed by atoms with Gasteiger partial charge in [0.1, 0.15) is 5.75 Å². The molecule has 2 aromatic carbocycles. The van der Waals surface area contributed by atoms with E-state index in [1.165, 1.54) is 0 Å². The zero-order valence-corrected chi connectivity index (χ0v) is 13.9. The molecule has 2 aromatic rings. The summed E-state index contributed by atoms with van der Waals surface area (Å²) < 4.78 is 6.17. The highest BCUT2D eigenvalue weighted by Gasteiger charge is 2.11. The van der Waals surface area contributed by atoms with Crippen LogP contribution < -0.4 is 10.1 Å². The quantitative estimate of drug-likeness (QED) is 0.768. The molecule has 0 aliphatic heterocycles. The van der Waals surface area contributed by atoms with Gasteiger partial charge in [-0.15, -0.1) is 0 Å². The molecule has 0 fully saturated rings. The molecule has 0 aromatic heterocycles. The maximum atomic E-state index is 12.2. The smallest absolute Gasteiger partial charge is 0.255 e. The number of carbonyl (C=O) groups excluding carboxylic acids is 1. The van der Waals surface area contributed by atoms with Gasteiger partial charge in [0.25, 0.3) is 5.91 Å². The van der Waals surface area contributed by atoms with Gasteiger partial charge in [0.15, 0.2) is 0 Å². The summed E-state index contributed by atoms with van der Waals surface area (Å²) in [5, 5.41) is 3.39. The molecule has 0 unspecified atom stereocenters. The summed E-state index contributed by atoms with van der Waals surface area (Å²) in [6.07, 6.45) is 0. The van der Waals surface area contributed by atoms with Crippen molar-refractivity contribution in [1.82, 2.24) is 0 Å². The number of hydrogen-bond donors (Lipinski definition) is 1. The Hall–Kier alpha value is -1.27. The lowest BCUT2D eigenvalue weighted by Crippen LogP contribution is -2.12. The molecule has 3 nitrogen and oxygen atoms in total. The minimum absolute atomic E-state index is 0.217. The van der Waals surface area contributed by atoms with Crippen LogP contribution in [0, 0.1) is 10.5 Å². The number of anilines is 1. The summed E-state index contributed by atoms with van der Waals surface area (Å²) in [5.41, 5.74) is 2.22. The van der Waals surface area contributed by atoms with Gasteiger partial charge in [0.05, 0.1) is 17.8 Å². The Labute approximate surface area is 136 Å². The van der Waals surface area contributed by atoms with Gasteiger partial charge in [-0.1, -0.05) is 17.7 Å². The summed E-state index contributed by atoms with van der Waals surface area (Å²) >= 11 is 8.15. The van der Waals surface area contributed by atoms with Crippen LogP contribution in [0.4, 0.5) is 5.69 Å². The maximum absolute atomic E-state index is 12.2. The summed E-state index contributed by atoms with van der Waals surface area (Å²) in [6, 6.07) is 10.8. The van der Waals surface area contributed by atoms with Gasteiger partial charge in [0.2, 0.25) is 0 Å². The van der Waals surface area contributed by atoms with Crippen molar-refractivity contribution in [2.75, 3.05) is 12.4 Å². The lowest BCUT2D eigenvalue weighted by molar-refractivity contribution is 0.102. The highest BCUT2D eigenvalue weighted by atomic mass is 127. The second-order valence-corrected chi connectivity index (χ2v) is 5.86. The number of hydrogen-bond acceptors (Lipinski definition) is 2. The highest BCUT2D eigenvalue weighted by molar-refractivity contribution is 14.1. The Bertz CT molecular complexity index is 658. The Balaban J connectivity index is 2.25. The molecular weight excluding hydrogens is 389 g/mol. The number of halogens is 2. The van der Waals surface area contributed by atoms with Crippen molar-refractivity contribution in [3.63, 3.8) is 0 Å². The number of methoxy groups -OCH3 is 1. The minimum atomic E-state index is -0.217. The SMILES string of the molecule is COc1cc(C)ccc1NC(=O)c1ccc(I)c(Cl)c1. The number of ether oxygens (including phenoxy) is 1. The molecule has 0 saturated carbocycles. The Morgan fingerprint density at radius 2 is 2.00 bits per heavy atom. The first-order chi connectivity index (χ1) is 9.51. The molecule has 0 saturated heterocycles. The molecule has 0 aliphatic carbocycles. The molecular formula is C15H13ClINO2. The van der Waals surface area contributed by atoms with Crippen molar-refractivity contribution in [1.29, 1.82) is 0 Å². The average Bonchev–Trinajstić information content (AvgIpc) is 2.43. The molecule has 0 heterocycles. The van der Waals surface area contributed by atoms with E-state index in [-0.39, 0.29) is 5.91 Å². The molecule has 104 valence electrons. The standard InChI is InChI=1S/C15H13ClINO2/c1-9-3-6-13(14(7-9)20-2)18-15(19)10-4-5-12(17)11(16)8-10/h3-8H,1-2H3,(H,18,19). The van der Waals surface area contributed by atoms with Crippen LogP contribution in [0.15, 0.2) is 36.4 Å². The van der Waals surface area contributed by atoms with Crippen LogP contribution in [0.5, 0.6) is 5.75 Å². The van der Waals surface area contributed by atoms with Crippen LogP contribution in [0.25, 0.3) is 0 Å². The molecule has 0 spiro atoms. The molecule has 2 rings (SSSR count). The van der Waals surface area contributed by atoms with E-state index in [0.29, 0.717) is 22.0 Å². The molecule has 5 heteroatoms. The van der Waals surface area contributed by atoms with Gasteiger partial charge in [-0.3, -0.25) is 4.79 Å². The van der Waals surface area contributed by atoms with Gasteiger partial charge >= 0.3 is 0 Å². The average molecular weight is 402 g/mol. The third-order valence-electron chi connectivity index (χ3n) is 2.79. The molecule has 1 amide bonds. The third-order valence-corrected chi connectivity index (χ3v) is 4.36. The van der Waals surface area contributed by atoms with E-state index < -0.39 is 0 Å². The van der Waals surface area contributed by atoms with Gasteiger partial charge in [-0.05, 0) is 65.4 Å². The summed E-state index contributed by atoms with van der Waals surface area (Å²) in [7, 11) is 1.58. The van der Waals surface area contributed by atoms with Crippen molar-refractivity contribution in [3.05, 3.63) is 56.1 Å². The van der Waals surface area contributed by atoms with Crippen molar-refractivity contribution in [2.45, 2.75) is 6.92 Å². The van der Waals surface area contributed by atoms with E-state index >= 15 is 0 Å². The number of carbonyl (C=O) groups is 1. The number of aryl methyl sites for hydroxylation is 1. The Kier molecular flexibility index (Phi) is 4.88. The zero-order valence-electron chi connectivity index (χ0n) is 11.0. The first-order valence-electron chi connectivity index (χ1n) is 5.92. The van der Waals surface area contributed by atoms with Gasteiger partial charge in [-0.25, -0.2) is 0 Å². The van der Waals surface area contributed by atoms with Crippen LogP contribution in [0.3, 0.4) is 0 Å². The zero-order chi connectivity index (χ0) is 14.7. The van der Waals surface area contributed by atoms with E-state index in [0.717, 1.165) is 9.13 Å². The number of rotatable bonds is 3. The lowest BCUT2D eigenvalue weighted by Gasteiger charge is -2.11. The summed E-state index contributed by atoms with van der Waals surface area (Å²) in [6.45, 7) is 1.97. The topological polar surface area (TPSA) is 38.3 Å². The largest absolute Gasteiger partial charge is 0.495 e. The van der Waals surface area contributed by atoms with E-state index in [9.17, 15) is 4.79 Å². The van der Waals surface area contributed by atoms with Gasteiger partial charge in [-0.2, -0.15) is 0 Å². The summed E-state index contributed by atoms with van der Waals surface area (Å²) in [4.78, 5) is 12.2. The van der Waals surface area contributed by atoms with E-state index in [4.69, 9.17) is 16.3 Å². The minimum Gasteiger partial charge on any atom is -0.495 e. The fourth-order valence-electron chi connectivity index (χ4n) is 1.73. The van der Waals surface area contributed by atoms with Crippen LogP contribution in [0.2, 0.25) is 5.02 Å². The maximum Gasteiger partial charge on any atom is 0.255 e. The predicted octanol–water partition coefficient (Wildman–Crippen LogP) is 4.51. The second-order valence-electron chi connectivity index (χ2n) is 4.29. The fourth-order valence-corrected chi connectivity index (χ4v) is 2.25. The molecule has 1 N–H and O–H groups in total. The van der Waals surface area contributed by atoms with Crippen molar-refractivity contribution < 1.29 is 9.53 Å². The Morgan fingerprint density at radius 3 is 2.65 bits per heavy atom. The van der Waals surface area contributed by atoms with Crippen molar-refractivity contribution in [3.8, 4) is 5.75 Å². The molecule has 0 radical (unpaired) electrons. The number of amides is 1. The lowest BCUT2D eigenvalue weighted by atomic mass is 10.2. The van der Waals surface area contributed by atoms with E-state index in [2.05, 4.69) is 27.9 Å². The third kappa shape index (κ3) is 3.43. The van der Waals surface area contributed by atoms with Gasteiger partial charge < -0.3 is 10.1 Å². The molecule has 0 atom stereocenters. The fraction of sp³-hybridized carbons (Fsp3) is 0.133. The summed E-state index contributed by atoms with van der Waals surface area (Å²) in [5.74, 6) is 0.417. The van der Waals surface area contributed by atoms with Crippen molar-refractivity contribution >= 4 is 45.8 Å². The van der Waals surface area contributed by atoms with E-state index in [1.807, 2.05) is 31.2 Å². The normalized spacial score (nSPS) is 10.2. The molecule has 0 aliphatic rings. The predicted molar refractivity (Wildman–Crippen MR) is 89.9 cm³/mol. The number of benzene rings is 2. The van der Waals surface area contributed by atoms with Crippen LogP contribution in [-0.4, -0.2) is 13.0 Å². The first-order valence-corrected chi connectivity index (χ1v) is 7.38. The van der Waals surface area contributed by atoms with E-state index in [1.54, 1.807) is 19.2 Å². The van der Waals surface area contributed by atoms with Crippen LogP contribution in [-0.2, 0) is 0 Å². The molecule has 0 bridgehead atoms. The number of nitrogens with one attached hydrogen (secondary N) is 1.